The molecule has 2 aliphatic heterocycles. The molecule has 0 saturated carbocycles. The molecule has 0 radical (unpaired) electrons. The van der Waals surface area contributed by atoms with Crippen LogP contribution < -0.4 is 20.3 Å². The second-order valence-electron chi connectivity index (χ2n) is 9.81. The van der Waals surface area contributed by atoms with Crippen molar-refractivity contribution in [2.75, 3.05) is 74.6 Å². The summed E-state index contributed by atoms with van der Waals surface area (Å²) in [7, 11) is 0. The highest BCUT2D eigenvalue weighted by Gasteiger charge is 2.27. The second kappa shape index (κ2) is 10.8. The molecule has 2 fully saturated rings. The minimum absolute atomic E-state index is 0.0219. The number of hydrogen-bond acceptors (Lipinski definition) is 11. The molecule has 1 unspecified atom stereocenters. The van der Waals surface area contributed by atoms with Gasteiger partial charge >= 0.3 is 0 Å². The summed E-state index contributed by atoms with van der Waals surface area (Å²) in [6, 6.07) is 11.7. The van der Waals surface area contributed by atoms with Gasteiger partial charge in [0.2, 0.25) is 17.7 Å². The molecule has 200 valence electrons. The fourth-order valence-corrected chi connectivity index (χ4v) is 5.31. The number of piperazine rings is 1. The van der Waals surface area contributed by atoms with E-state index >= 15 is 0 Å². The first kappa shape index (κ1) is 24.4. The van der Waals surface area contributed by atoms with Gasteiger partial charge in [0.05, 0.1) is 12.9 Å². The Labute approximate surface area is 220 Å². The number of benzene rings is 1. The van der Waals surface area contributed by atoms with E-state index in [2.05, 4.69) is 46.9 Å². The minimum Gasteiger partial charge on any atom is -0.491 e. The number of ether oxygens (including phenoxy) is 1. The van der Waals surface area contributed by atoms with E-state index < -0.39 is 0 Å². The third-order valence-electron chi connectivity index (χ3n) is 7.22. The van der Waals surface area contributed by atoms with E-state index in [4.69, 9.17) is 20.0 Å². The van der Waals surface area contributed by atoms with Gasteiger partial charge in [0.1, 0.15) is 12.4 Å². The molecule has 3 N–H and O–H groups in total. The summed E-state index contributed by atoms with van der Waals surface area (Å²) in [5.74, 6) is 3.63. The van der Waals surface area contributed by atoms with Crippen molar-refractivity contribution in [2.45, 2.75) is 12.8 Å². The van der Waals surface area contributed by atoms with E-state index in [9.17, 15) is 0 Å². The van der Waals surface area contributed by atoms with Crippen LogP contribution in [0.5, 0.6) is 5.75 Å². The number of nitrogens with zero attached hydrogens (tertiary/aromatic N) is 8. The first-order chi connectivity index (χ1) is 18.7. The average molecular weight is 520 g/mol. The van der Waals surface area contributed by atoms with Gasteiger partial charge in [-0.05, 0) is 55.2 Å². The van der Waals surface area contributed by atoms with E-state index in [0.717, 1.165) is 58.0 Å². The molecule has 6 rings (SSSR count). The van der Waals surface area contributed by atoms with Crippen LogP contribution in [0.4, 0.5) is 17.6 Å². The van der Waals surface area contributed by atoms with Crippen LogP contribution in [0.25, 0.3) is 17.4 Å². The predicted octanol–water partition coefficient (Wildman–Crippen LogP) is 1.77. The third kappa shape index (κ3) is 5.22. The Morgan fingerprint density at radius 3 is 2.61 bits per heavy atom. The highest BCUT2D eigenvalue weighted by molar-refractivity contribution is 5.53. The molecule has 0 aliphatic carbocycles. The van der Waals surface area contributed by atoms with E-state index in [-0.39, 0.29) is 12.6 Å². The van der Waals surface area contributed by atoms with Crippen LogP contribution in [0.3, 0.4) is 0 Å². The second-order valence-corrected chi connectivity index (χ2v) is 9.81. The Bertz CT molecular complexity index is 1330. The number of piperidine rings is 1. The van der Waals surface area contributed by atoms with Gasteiger partial charge in [-0.3, -0.25) is 4.90 Å². The number of fused-ring (bicyclic) bond motifs is 1. The van der Waals surface area contributed by atoms with Crippen LogP contribution in [-0.4, -0.2) is 93.6 Å². The van der Waals surface area contributed by atoms with Crippen LogP contribution in [0.15, 0.2) is 47.1 Å². The normalized spacial score (nSPS) is 18.8. The Morgan fingerprint density at radius 1 is 1.00 bits per heavy atom. The minimum atomic E-state index is 0.0219. The van der Waals surface area contributed by atoms with Gasteiger partial charge in [-0.1, -0.05) is 0 Å². The van der Waals surface area contributed by atoms with Gasteiger partial charge < -0.3 is 29.8 Å². The Morgan fingerprint density at radius 2 is 1.84 bits per heavy atom. The summed E-state index contributed by atoms with van der Waals surface area (Å²) in [4.78, 5) is 20.9. The van der Waals surface area contributed by atoms with Crippen molar-refractivity contribution in [3.8, 4) is 17.3 Å². The number of hydrogen-bond donors (Lipinski definition) is 2. The zero-order chi connectivity index (χ0) is 25.9. The molecule has 0 bridgehead atoms. The van der Waals surface area contributed by atoms with Gasteiger partial charge in [0.25, 0.3) is 5.78 Å². The maximum atomic E-state index is 8.92. The van der Waals surface area contributed by atoms with E-state index in [1.165, 1.54) is 16.6 Å². The molecular formula is C26H33N9O3. The lowest BCUT2D eigenvalue weighted by molar-refractivity contribution is 0.201. The van der Waals surface area contributed by atoms with Crippen LogP contribution in [0, 0.1) is 5.92 Å². The smallest absolute Gasteiger partial charge is 0.259 e. The summed E-state index contributed by atoms with van der Waals surface area (Å²) in [5, 5.41) is 13.3. The molecule has 3 aromatic heterocycles. The van der Waals surface area contributed by atoms with Gasteiger partial charge in [-0.2, -0.15) is 19.5 Å². The molecule has 1 atom stereocenters. The third-order valence-corrected chi connectivity index (χ3v) is 7.22. The highest BCUT2D eigenvalue weighted by Crippen LogP contribution is 2.25. The van der Waals surface area contributed by atoms with Crippen molar-refractivity contribution in [1.29, 1.82) is 0 Å². The zero-order valence-electron chi connectivity index (χ0n) is 21.3. The summed E-state index contributed by atoms with van der Waals surface area (Å²) in [6.07, 6.45) is 3.87. The molecule has 4 aromatic rings. The summed E-state index contributed by atoms with van der Waals surface area (Å²) in [5.41, 5.74) is 7.43. The van der Waals surface area contributed by atoms with Crippen LogP contribution >= 0.6 is 0 Å². The van der Waals surface area contributed by atoms with E-state index in [0.29, 0.717) is 35.8 Å². The van der Waals surface area contributed by atoms with Gasteiger partial charge in [-0.25, -0.2) is 0 Å². The zero-order valence-corrected chi connectivity index (χ0v) is 21.3. The fourth-order valence-electron chi connectivity index (χ4n) is 5.31. The molecule has 5 heterocycles. The van der Waals surface area contributed by atoms with Crippen LogP contribution in [-0.2, 0) is 0 Å². The predicted molar refractivity (Wildman–Crippen MR) is 143 cm³/mol. The number of furan rings is 1. The Hall–Kier alpha value is -3.90. The number of rotatable bonds is 8. The number of aromatic nitrogens is 5. The molecule has 2 aliphatic rings. The maximum absolute atomic E-state index is 8.92. The monoisotopic (exact) mass is 519 g/mol. The van der Waals surface area contributed by atoms with E-state index in [1.807, 2.05) is 12.1 Å². The fraction of sp³-hybridized carbons (Fsp3) is 0.462. The number of nitrogens with two attached hydrogens (primary N) is 1. The molecule has 0 spiro atoms. The Balaban J connectivity index is 1.05. The first-order valence-electron chi connectivity index (χ1n) is 13.2. The Kier molecular flexibility index (Phi) is 6.97. The molecule has 1 aromatic carbocycles. The number of aliphatic hydroxyl groups is 1. The summed E-state index contributed by atoms with van der Waals surface area (Å²) >= 11 is 0. The first-order valence-corrected chi connectivity index (χ1v) is 13.2. The molecule has 0 amide bonds. The van der Waals surface area contributed by atoms with Crippen molar-refractivity contribution in [1.82, 2.24) is 29.5 Å². The lowest BCUT2D eigenvalue weighted by Crippen LogP contribution is -2.49. The van der Waals surface area contributed by atoms with Crippen molar-refractivity contribution >= 4 is 23.4 Å². The lowest BCUT2D eigenvalue weighted by Gasteiger charge is -2.40. The maximum Gasteiger partial charge on any atom is 0.259 e. The van der Waals surface area contributed by atoms with Crippen molar-refractivity contribution in [3.63, 3.8) is 0 Å². The molecule has 38 heavy (non-hydrogen) atoms. The molecular weight excluding hydrogens is 486 g/mol. The lowest BCUT2D eigenvalue weighted by atomic mass is 9.97. The standard InChI is InChI=1S/C26H33N9O3/c27-24-29-25(30-26-28-23(31-35(24)26)22-4-2-15-38-22)34-9-1-3-19(18-34)17-32-10-12-33(13-11-32)20-5-7-21(8-6-20)37-16-14-36/h2,4-8,15,19,36H,1,3,9-14,16-18H2,(H2,27,28,29,30,31). The SMILES string of the molecule is Nc1nc(N2CCCC(CN3CCN(c4ccc(OCCO)cc4)CC3)C2)nc2nc(-c3ccco3)nn12. The van der Waals surface area contributed by atoms with Gasteiger partial charge in [0.15, 0.2) is 5.76 Å². The summed E-state index contributed by atoms with van der Waals surface area (Å²) in [6.45, 7) is 7.24. The van der Waals surface area contributed by atoms with E-state index in [1.54, 1.807) is 18.4 Å². The van der Waals surface area contributed by atoms with Gasteiger partial charge in [0, 0.05) is 51.5 Å². The van der Waals surface area contributed by atoms with Crippen molar-refractivity contribution < 1.29 is 14.3 Å². The number of anilines is 3. The van der Waals surface area contributed by atoms with Crippen LogP contribution in [0.1, 0.15) is 12.8 Å². The number of aliphatic hydroxyl groups excluding tert-OH is 1. The summed E-state index contributed by atoms with van der Waals surface area (Å²) < 4.78 is 12.3. The van der Waals surface area contributed by atoms with Crippen molar-refractivity contribution in [3.05, 3.63) is 42.7 Å². The quantitative estimate of drug-likeness (QED) is 0.353. The topological polar surface area (TPSA) is 134 Å². The molecule has 12 nitrogen and oxygen atoms in total. The van der Waals surface area contributed by atoms with Crippen LogP contribution in [0.2, 0.25) is 0 Å². The molecule has 2 saturated heterocycles. The largest absolute Gasteiger partial charge is 0.491 e. The average Bonchev–Trinajstić information content (AvgIpc) is 3.64. The molecule has 12 heteroatoms. The number of nitrogen functional groups attached to an aromatic ring is 1. The van der Waals surface area contributed by atoms with Gasteiger partial charge in [-0.15, -0.1) is 5.10 Å². The van der Waals surface area contributed by atoms with Crippen molar-refractivity contribution in [2.24, 2.45) is 5.92 Å². The highest BCUT2D eigenvalue weighted by atomic mass is 16.5.